The highest BCUT2D eigenvalue weighted by molar-refractivity contribution is 5.74. The zero-order valence-electron chi connectivity index (χ0n) is 12.1. The molecular weight excluding hydrogens is 281 g/mol. The number of hydrogen-bond donors (Lipinski definition) is 0. The predicted octanol–water partition coefficient (Wildman–Crippen LogP) is 4.02. The van der Waals surface area contributed by atoms with Gasteiger partial charge in [0.05, 0.1) is 0 Å². The summed E-state index contributed by atoms with van der Waals surface area (Å²) in [4.78, 5) is 11.2. The lowest BCUT2D eigenvalue weighted by Gasteiger charge is -2.27. The summed E-state index contributed by atoms with van der Waals surface area (Å²) in [6.07, 6.45) is 3.68. The summed E-state index contributed by atoms with van der Waals surface area (Å²) in [7, 11) is 0. The maximum atomic E-state index is 13.3. The number of fused-ring (bicyclic) bond motifs is 1. The number of aromatic nitrogens is 2. The van der Waals surface area contributed by atoms with E-state index in [2.05, 4.69) is 14.9 Å². The SMILES string of the molecule is Fc1cccc(-c2nc3ccc(N4CCCCC4)nc3o2)c1. The van der Waals surface area contributed by atoms with Crippen molar-refractivity contribution >= 4 is 17.0 Å². The smallest absolute Gasteiger partial charge is 0.249 e. The summed E-state index contributed by atoms with van der Waals surface area (Å²) in [6.45, 7) is 2.06. The molecule has 1 fully saturated rings. The van der Waals surface area contributed by atoms with E-state index in [4.69, 9.17) is 4.42 Å². The second-order valence-electron chi connectivity index (χ2n) is 5.57. The molecule has 0 unspecified atom stereocenters. The van der Waals surface area contributed by atoms with Crippen molar-refractivity contribution in [2.24, 2.45) is 0 Å². The van der Waals surface area contributed by atoms with Crippen LogP contribution >= 0.6 is 0 Å². The summed E-state index contributed by atoms with van der Waals surface area (Å²) in [5.74, 6) is 1.02. The highest BCUT2D eigenvalue weighted by atomic mass is 19.1. The van der Waals surface area contributed by atoms with Crippen molar-refractivity contribution in [3.8, 4) is 11.5 Å². The Labute approximate surface area is 127 Å². The predicted molar refractivity (Wildman–Crippen MR) is 83.3 cm³/mol. The Hall–Kier alpha value is -2.43. The molecule has 0 aliphatic carbocycles. The molecule has 1 aliphatic rings. The Bertz CT molecular complexity index is 809. The zero-order valence-corrected chi connectivity index (χ0v) is 12.1. The molecule has 3 aromatic rings. The molecule has 0 amide bonds. The number of benzene rings is 1. The van der Waals surface area contributed by atoms with Gasteiger partial charge in [0, 0.05) is 18.7 Å². The number of piperidine rings is 1. The minimum atomic E-state index is -0.304. The summed E-state index contributed by atoms with van der Waals surface area (Å²) in [6, 6.07) is 10.1. The first kappa shape index (κ1) is 13.2. The standard InChI is InChI=1S/C17H16FN3O/c18-13-6-4-5-12(11-13)16-19-14-7-8-15(20-17(14)22-16)21-9-2-1-3-10-21/h4-8,11H,1-3,9-10H2. The largest absolute Gasteiger partial charge is 0.418 e. The molecule has 0 saturated carbocycles. The van der Waals surface area contributed by atoms with Crippen LogP contribution in [-0.2, 0) is 0 Å². The monoisotopic (exact) mass is 297 g/mol. The van der Waals surface area contributed by atoms with Crippen LogP contribution in [0, 0.1) is 5.82 Å². The number of hydrogen-bond acceptors (Lipinski definition) is 4. The Kier molecular flexibility index (Phi) is 3.25. The Morgan fingerprint density at radius 2 is 1.86 bits per heavy atom. The molecule has 5 heteroatoms. The minimum Gasteiger partial charge on any atom is -0.418 e. The molecule has 4 rings (SSSR count). The molecule has 4 nitrogen and oxygen atoms in total. The minimum absolute atomic E-state index is 0.304. The molecule has 22 heavy (non-hydrogen) atoms. The third kappa shape index (κ3) is 2.43. The van der Waals surface area contributed by atoms with Gasteiger partial charge in [0.2, 0.25) is 11.6 Å². The molecular formula is C17H16FN3O. The van der Waals surface area contributed by atoms with E-state index in [-0.39, 0.29) is 5.82 Å². The van der Waals surface area contributed by atoms with Crippen LogP contribution in [0.5, 0.6) is 0 Å². The second-order valence-corrected chi connectivity index (χ2v) is 5.57. The van der Waals surface area contributed by atoms with E-state index in [9.17, 15) is 4.39 Å². The average Bonchev–Trinajstić information content (AvgIpc) is 2.99. The maximum Gasteiger partial charge on any atom is 0.249 e. The molecule has 1 aromatic carbocycles. The van der Waals surface area contributed by atoms with E-state index in [1.807, 2.05) is 12.1 Å². The van der Waals surface area contributed by atoms with Gasteiger partial charge in [-0.3, -0.25) is 0 Å². The Balaban J connectivity index is 1.71. The Morgan fingerprint density at radius 3 is 2.68 bits per heavy atom. The molecule has 1 aliphatic heterocycles. The van der Waals surface area contributed by atoms with E-state index in [1.165, 1.54) is 31.4 Å². The fraction of sp³-hybridized carbons (Fsp3) is 0.294. The summed E-state index contributed by atoms with van der Waals surface area (Å²) in [5, 5.41) is 0. The first-order valence-electron chi connectivity index (χ1n) is 7.58. The van der Waals surface area contributed by atoms with E-state index in [0.717, 1.165) is 18.9 Å². The van der Waals surface area contributed by atoms with Crippen LogP contribution in [0.3, 0.4) is 0 Å². The molecule has 1 saturated heterocycles. The fourth-order valence-corrected chi connectivity index (χ4v) is 2.85. The van der Waals surface area contributed by atoms with Crippen LogP contribution in [-0.4, -0.2) is 23.1 Å². The topological polar surface area (TPSA) is 42.2 Å². The van der Waals surface area contributed by atoms with Crippen LogP contribution in [0.1, 0.15) is 19.3 Å². The number of pyridine rings is 1. The quantitative estimate of drug-likeness (QED) is 0.716. The van der Waals surface area contributed by atoms with Crippen molar-refractivity contribution in [3.63, 3.8) is 0 Å². The zero-order chi connectivity index (χ0) is 14.9. The highest BCUT2D eigenvalue weighted by Crippen LogP contribution is 2.26. The highest BCUT2D eigenvalue weighted by Gasteiger charge is 2.15. The molecule has 2 aromatic heterocycles. The van der Waals surface area contributed by atoms with E-state index < -0.39 is 0 Å². The average molecular weight is 297 g/mol. The van der Waals surface area contributed by atoms with E-state index in [1.54, 1.807) is 12.1 Å². The lowest BCUT2D eigenvalue weighted by atomic mass is 10.1. The van der Waals surface area contributed by atoms with Gasteiger partial charge in [0.1, 0.15) is 17.2 Å². The molecule has 0 bridgehead atoms. The first-order chi connectivity index (χ1) is 10.8. The lowest BCUT2D eigenvalue weighted by Crippen LogP contribution is -2.29. The van der Waals surface area contributed by atoms with Gasteiger partial charge < -0.3 is 9.32 Å². The summed E-state index contributed by atoms with van der Waals surface area (Å²) in [5.41, 5.74) is 1.82. The van der Waals surface area contributed by atoms with Gasteiger partial charge in [-0.05, 0) is 49.6 Å². The molecule has 0 spiro atoms. The van der Waals surface area contributed by atoms with Crippen molar-refractivity contribution in [1.82, 2.24) is 9.97 Å². The molecule has 0 N–H and O–H groups in total. The normalized spacial score (nSPS) is 15.4. The lowest BCUT2D eigenvalue weighted by molar-refractivity contribution is 0.569. The van der Waals surface area contributed by atoms with Gasteiger partial charge in [0.15, 0.2) is 0 Å². The van der Waals surface area contributed by atoms with Crippen molar-refractivity contribution < 1.29 is 8.81 Å². The fourth-order valence-electron chi connectivity index (χ4n) is 2.85. The number of nitrogens with zero attached hydrogens (tertiary/aromatic N) is 3. The van der Waals surface area contributed by atoms with Crippen LogP contribution in [0.25, 0.3) is 22.7 Å². The van der Waals surface area contributed by atoms with Crippen LogP contribution in [0.2, 0.25) is 0 Å². The van der Waals surface area contributed by atoms with E-state index >= 15 is 0 Å². The van der Waals surface area contributed by atoms with Crippen molar-refractivity contribution in [2.75, 3.05) is 18.0 Å². The summed E-state index contributed by atoms with van der Waals surface area (Å²) < 4.78 is 19.0. The van der Waals surface area contributed by atoms with Crippen molar-refractivity contribution in [1.29, 1.82) is 0 Å². The molecule has 0 atom stereocenters. The third-order valence-electron chi connectivity index (χ3n) is 3.99. The van der Waals surface area contributed by atoms with Gasteiger partial charge in [-0.2, -0.15) is 4.98 Å². The summed E-state index contributed by atoms with van der Waals surface area (Å²) >= 11 is 0. The van der Waals surface area contributed by atoms with Crippen LogP contribution < -0.4 is 4.90 Å². The van der Waals surface area contributed by atoms with Gasteiger partial charge in [-0.15, -0.1) is 0 Å². The third-order valence-corrected chi connectivity index (χ3v) is 3.99. The van der Waals surface area contributed by atoms with Gasteiger partial charge in [0.25, 0.3) is 0 Å². The number of halogens is 1. The van der Waals surface area contributed by atoms with Gasteiger partial charge in [-0.1, -0.05) is 6.07 Å². The number of oxazole rings is 1. The molecule has 112 valence electrons. The number of anilines is 1. The van der Waals surface area contributed by atoms with E-state index in [0.29, 0.717) is 22.7 Å². The Morgan fingerprint density at radius 1 is 1.00 bits per heavy atom. The van der Waals surface area contributed by atoms with Crippen LogP contribution in [0.4, 0.5) is 10.2 Å². The molecule has 0 radical (unpaired) electrons. The first-order valence-corrected chi connectivity index (χ1v) is 7.58. The number of rotatable bonds is 2. The van der Waals surface area contributed by atoms with Gasteiger partial charge >= 0.3 is 0 Å². The van der Waals surface area contributed by atoms with Gasteiger partial charge in [-0.25, -0.2) is 9.37 Å². The maximum absolute atomic E-state index is 13.3. The molecule has 3 heterocycles. The van der Waals surface area contributed by atoms with Crippen molar-refractivity contribution in [2.45, 2.75) is 19.3 Å². The van der Waals surface area contributed by atoms with Crippen LogP contribution in [0.15, 0.2) is 40.8 Å². The second kappa shape index (κ2) is 5.40. The van der Waals surface area contributed by atoms with Crippen molar-refractivity contribution in [3.05, 3.63) is 42.2 Å².